The molecule has 1 aromatic heterocycles. The molecule has 0 saturated heterocycles. The highest BCUT2D eigenvalue weighted by Gasteiger charge is 2.11. The van der Waals surface area contributed by atoms with E-state index in [1.165, 1.54) is 10.8 Å². The van der Waals surface area contributed by atoms with Crippen molar-refractivity contribution in [3.8, 4) is 5.75 Å². The lowest BCUT2D eigenvalue weighted by molar-refractivity contribution is -0.139. The number of pyridine rings is 1. The van der Waals surface area contributed by atoms with Crippen LogP contribution in [0.1, 0.15) is 6.42 Å². The molecule has 1 rings (SSSR count). The zero-order valence-electron chi connectivity index (χ0n) is 11.6. The Labute approximate surface area is 125 Å². The molecule has 124 valence electrons. The summed E-state index contributed by atoms with van der Waals surface area (Å²) in [5, 5.41) is 33.8. The van der Waals surface area contributed by atoms with E-state index in [0.29, 0.717) is 0 Å². The molecule has 0 spiro atoms. The minimum atomic E-state index is -1.14. The van der Waals surface area contributed by atoms with Crippen LogP contribution in [0.5, 0.6) is 5.75 Å². The van der Waals surface area contributed by atoms with Crippen LogP contribution in [0.4, 0.5) is 0 Å². The van der Waals surface area contributed by atoms with Crippen LogP contribution in [0.2, 0.25) is 0 Å². The van der Waals surface area contributed by atoms with Crippen LogP contribution in [0.3, 0.4) is 0 Å². The Bertz CT molecular complexity index is 558. The fourth-order valence-corrected chi connectivity index (χ4v) is 1.19. The predicted molar refractivity (Wildman–Crippen MR) is 75.3 cm³/mol. The fraction of sp³-hybridized carbons (Fsp3) is 0.417. The Morgan fingerprint density at radius 3 is 2.09 bits per heavy atom. The van der Waals surface area contributed by atoms with Gasteiger partial charge in [-0.1, -0.05) is 0 Å². The monoisotopic (exact) mass is 317 g/mol. The van der Waals surface area contributed by atoms with Gasteiger partial charge in [-0.2, -0.15) is 0 Å². The highest BCUT2D eigenvalue weighted by atomic mass is 16.4. The van der Waals surface area contributed by atoms with Crippen LogP contribution in [0.15, 0.2) is 23.3 Å². The van der Waals surface area contributed by atoms with Crippen molar-refractivity contribution in [3.05, 3.63) is 28.7 Å². The molecule has 22 heavy (non-hydrogen) atoms. The standard InChI is InChI=1S/C8H10N2O4.C4H9NO3/c9-5(8(13)14)3-10-2-1-6(11)7(12)4-10;5-3(1-2-6)4(7)8/h1-2,4-5,12H,3,9H2,(H,13,14);3,6H,1-2,5H2,(H,7,8)/t;3-/m.1/s1. The summed E-state index contributed by atoms with van der Waals surface area (Å²) in [7, 11) is 0. The lowest BCUT2D eigenvalue weighted by Gasteiger charge is -2.09. The number of nitrogens with zero attached hydrogens (tertiary/aromatic N) is 1. The third-order valence-electron chi connectivity index (χ3n) is 2.44. The van der Waals surface area contributed by atoms with Crippen LogP contribution < -0.4 is 16.9 Å². The molecule has 0 radical (unpaired) electrons. The molecule has 0 aromatic carbocycles. The Balaban J connectivity index is 0.000000472. The number of aromatic nitrogens is 1. The molecule has 0 aliphatic heterocycles. The fourth-order valence-electron chi connectivity index (χ4n) is 1.19. The van der Waals surface area contributed by atoms with Crippen LogP contribution in [-0.4, -0.2) is 55.6 Å². The maximum absolute atomic E-state index is 10.8. The van der Waals surface area contributed by atoms with E-state index in [-0.39, 0.29) is 19.6 Å². The van der Waals surface area contributed by atoms with Gasteiger partial charge >= 0.3 is 11.9 Å². The van der Waals surface area contributed by atoms with Gasteiger partial charge in [-0.15, -0.1) is 0 Å². The van der Waals surface area contributed by atoms with Crippen molar-refractivity contribution in [1.82, 2.24) is 4.57 Å². The smallest absolute Gasteiger partial charge is 0.322 e. The van der Waals surface area contributed by atoms with E-state index >= 15 is 0 Å². The molecule has 8 N–H and O–H groups in total. The molecule has 0 fully saturated rings. The van der Waals surface area contributed by atoms with Gasteiger partial charge in [-0.3, -0.25) is 14.4 Å². The van der Waals surface area contributed by atoms with E-state index < -0.39 is 35.2 Å². The summed E-state index contributed by atoms with van der Waals surface area (Å²) in [6, 6.07) is -0.832. The number of carbonyl (C=O) groups is 2. The minimum Gasteiger partial charge on any atom is -0.503 e. The Kier molecular flexibility index (Phi) is 8.45. The number of nitrogens with two attached hydrogens (primary N) is 2. The quantitative estimate of drug-likeness (QED) is 0.336. The second kappa shape index (κ2) is 9.50. The minimum absolute atomic E-state index is 0.00315. The normalized spacial score (nSPS) is 12.7. The first-order valence-corrected chi connectivity index (χ1v) is 6.15. The highest BCUT2D eigenvalue weighted by molar-refractivity contribution is 5.73. The number of hydrogen-bond acceptors (Lipinski definition) is 7. The molecule has 1 aromatic rings. The molecule has 0 aliphatic carbocycles. The van der Waals surface area contributed by atoms with Gasteiger partial charge in [0.05, 0.1) is 0 Å². The molecule has 0 amide bonds. The van der Waals surface area contributed by atoms with Crippen molar-refractivity contribution in [2.75, 3.05) is 6.61 Å². The van der Waals surface area contributed by atoms with Crippen molar-refractivity contribution in [3.63, 3.8) is 0 Å². The molecular weight excluding hydrogens is 298 g/mol. The van der Waals surface area contributed by atoms with E-state index in [1.54, 1.807) is 0 Å². The lowest BCUT2D eigenvalue weighted by atomic mass is 10.2. The number of carboxylic acid groups (broad SMARTS) is 2. The number of rotatable bonds is 6. The van der Waals surface area contributed by atoms with Crippen LogP contribution in [-0.2, 0) is 16.1 Å². The number of aliphatic hydroxyl groups excluding tert-OH is 1. The summed E-state index contributed by atoms with van der Waals surface area (Å²) < 4.78 is 1.34. The number of aliphatic hydroxyl groups is 1. The third kappa shape index (κ3) is 7.38. The highest BCUT2D eigenvalue weighted by Crippen LogP contribution is 1.99. The molecule has 2 atom stereocenters. The van der Waals surface area contributed by atoms with Gasteiger partial charge in [0.25, 0.3) is 0 Å². The summed E-state index contributed by atoms with van der Waals surface area (Å²) in [5.41, 5.74) is 9.71. The van der Waals surface area contributed by atoms with Gasteiger partial charge in [-0.05, 0) is 6.42 Å². The molecule has 0 saturated carbocycles. The molecule has 1 unspecified atom stereocenters. The summed E-state index contributed by atoms with van der Waals surface area (Å²) in [6.45, 7) is -0.170. The lowest BCUT2D eigenvalue weighted by Crippen LogP contribution is -2.34. The topological polar surface area (TPSA) is 189 Å². The van der Waals surface area contributed by atoms with Crippen molar-refractivity contribution in [2.24, 2.45) is 11.5 Å². The van der Waals surface area contributed by atoms with E-state index in [4.69, 9.17) is 31.9 Å². The SMILES string of the molecule is NC(Cn1ccc(=O)c(O)c1)C(=O)O.N[C@H](CCO)C(=O)O. The van der Waals surface area contributed by atoms with Crippen molar-refractivity contribution >= 4 is 11.9 Å². The Morgan fingerprint density at radius 2 is 1.73 bits per heavy atom. The Morgan fingerprint density at radius 1 is 1.18 bits per heavy atom. The van der Waals surface area contributed by atoms with E-state index in [9.17, 15) is 14.4 Å². The summed E-state index contributed by atoms with van der Waals surface area (Å²) in [4.78, 5) is 31.0. The third-order valence-corrected chi connectivity index (χ3v) is 2.44. The molecular formula is C12H19N3O7. The summed E-state index contributed by atoms with van der Waals surface area (Å²) in [5.74, 6) is -2.63. The molecule has 10 heteroatoms. The zero-order valence-corrected chi connectivity index (χ0v) is 11.6. The van der Waals surface area contributed by atoms with E-state index in [0.717, 1.165) is 12.3 Å². The largest absolute Gasteiger partial charge is 0.503 e. The second-order valence-electron chi connectivity index (χ2n) is 4.29. The maximum Gasteiger partial charge on any atom is 0.322 e. The first-order chi connectivity index (χ1) is 10.2. The molecule has 10 nitrogen and oxygen atoms in total. The van der Waals surface area contributed by atoms with Gasteiger partial charge in [0.15, 0.2) is 5.75 Å². The molecule has 0 aliphatic rings. The average molecular weight is 317 g/mol. The number of aliphatic carboxylic acids is 2. The number of carboxylic acids is 2. The van der Waals surface area contributed by atoms with Gasteiger partial charge in [0.2, 0.25) is 5.43 Å². The van der Waals surface area contributed by atoms with Crippen molar-refractivity contribution in [2.45, 2.75) is 25.0 Å². The van der Waals surface area contributed by atoms with Crippen LogP contribution in [0.25, 0.3) is 0 Å². The van der Waals surface area contributed by atoms with Crippen LogP contribution >= 0.6 is 0 Å². The number of aromatic hydroxyl groups is 1. The number of hydrogen-bond donors (Lipinski definition) is 6. The van der Waals surface area contributed by atoms with Gasteiger partial charge in [0.1, 0.15) is 12.1 Å². The first kappa shape index (κ1) is 19.6. The average Bonchev–Trinajstić information content (AvgIpc) is 2.43. The summed E-state index contributed by atoms with van der Waals surface area (Å²) >= 11 is 0. The van der Waals surface area contributed by atoms with Crippen LogP contribution in [0, 0.1) is 0 Å². The molecule has 0 bridgehead atoms. The Hall–Kier alpha value is -2.43. The van der Waals surface area contributed by atoms with Crippen molar-refractivity contribution in [1.29, 1.82) is 0 Å². The molecule has 1 heterocycles. The van der Waals surface area contributed by atoms with E-state index in [1.807, 2.05) is 0 Å². The zero-order chi connectivity index (χ0) is 17.3. The summed E-state index contributed by atoms with van der Waals surface area (Å²) in [6.07, 6.45) is 2.63. The van der Waals surface area contributed by atoms with E-state index in [2.05, 4.69) is 0 Å². The van der Waals surface area contributed by atoms with Gasteiger partial charge in [0, 0.05) is 31.6 Å². The first-order valence-electron chi connectivity index (χ1n) is 6.15. The maximum atomic E-state index is 10.8. The second-order valence-corrected chi connectivity index (χ2v) is 4.29. The predicted octanol–water partition coefficient (Wildman–Crippen LogP) is -2.25. The van der Waals surface area contributed by atoms with Gasteiger partial charge < -0.3 is 36.5 Å². The van der Waals surface area contributed by atoms with Gasteiger partial charge in [-0.25, -0.2) is 0 Å². The van der Waals surface area contributed by atoms with Crippen molar-refractivity contribution < 1.29 is 30.0 Å².